The molecule has 45 heavy (non-hydrogen) atoms. The number of benzene rings is 2. The molecule has 2 unspecified atom stereocenters. The van der Waals surface area contributed by atoms with Gasteiger partial charge >= 0.3 is 6.09 Å². The summed E-state index contributed by atoms with van der Waals surface area (Å²) >= 11 is 3.46. The summed E-state index contributed by atoms with van der Waals surface area (Å²) in [5.41, 5.74) is 6.85. The number of hydrogen-bond acceptors (Lipinski definition) is 10. The van der Waals surface area contributed by atoms with Gasteiger partial charge in [-0.3, -0.25) is 4.79 Å². The molecule has 1 aliphatic rings. The van der Waals surface area contributed by atoms with Crippen molar-refractivity contribution < 1.29 is 23.8 Å². The highest BCUT2D eigenvalue weighted by atomic mass is 79.9. The molecule has 2 aromatic carbocycles. The summed E-state index contributed by atoms with van der Waals surface area (Å²) in [5, 5.41) is 14.5. The number of alkyl carbamates (subject to hydrolysis) is 1. The SMILES string of the molecule is COc1cc(Nc2nc(NC3CCCCC3NC(=O)OC(C)(C)C)n3nc(-c4ccc(Br)cc4)nc3c2C(N)=O)cc(OC)c1. The van der Waals surface area contributed by atoms with Crippen LogP contribution in [0.5, 0.6) is 11.5 Å². The number of halogens is 1. The number of carbonyl (C=O) groups excluding carboxylic acids is 2. The quantitative estimate of drug-likeness (QED) is 0.173. The van der Waals surface area contributed by atoms with E-state index in [1.54, 1.807) is 32.4 Å². The number of nitrogens with two attached hydrogens (primary N) is 1. The Morgan fingerprint density at radius 1 is 0.978 bits per heavy atom. The highest BCUT2D eigenvalue weighted by Gasteiger charge is 2.31. The second-order valence-corrected chi connectivity index (χ2v) is 12.6. The fraction of sp³-hybridized carbons (Fsp3) is 0.387. The van der Waals surface area contributed by atoms with Crippen LogP contribution in [0.15, 0.2) is 46.9 Å². The maximum absolute atomic E-state index is 13.0. The number of amides is 2. The lowest BCUT2D eigenvalue weighted by Crippen LogP contribution is -2.50. The number of nitrogens with one attached hydrogen (secondary N) is 3. The zero-order valence-electron chi connectivity index (χ0n) is 25.8. The summed E-state index contributed by atoms with van der Waals surface area (Å²) < 4.78 is 18.8. The Labute approximate surface area is 269 Å². The van der Waals surface area contributed by atoms with Gasteiger partial charge in [0.05, 0.1) is 20.3 Å². The summed E-state index contributed by atoms with van der Waals surface area (Å²) in [6, 6.07) is 12.3. The third-order valence-electron chi connectivity index (χ3n) is 7.23. The van der Waals surface area contributed by atoms with Crippen molar-refractivity contribution >= 4 is 51.0 Å². The van der Waals surface area contributed by atoms with Crippen molar-refractivity contribution in [2.24, 2.45) is 5.73 Å². The van der Waals surface area contributed by atoms with E-state index in [9.17, 15) is 9.59 Å². The second-order valence-electron chi connectivity index (χ2n) is 11.7. The smallest absolute Gasteiger partial charge is 0.407 e. The van der Waals surface area contributed by atoms with Crippen molar-refractivity contribution in [2.75, 3.05) is 24.9 Å². The molecule has 2 atom stereocenters. The zero-order chi connectivity index (χ0) is 32.3. The molecule has 13 nitrogen and oxygen atoms in total. The van der Waals surface area contributed by atoms with Gasteiger partial charge in [0.15, 0.2) is 17.3 Å². The lowest BCUT2D eigenvalue weighted by molar-refractivity contribution is 0.0488. The van der Waals surface area contributed by atoms with Gasteiger partial charge in [-0.2, -0.15) is 9.50 Å². The lowest BCUT2D eigenvalue weighted by Gasteiger charge is -2.33. The van der Waals surface area contributed by atoms with Gasteiger partial charge in [-0.15, -0.1) is 5.10 Å². The Kier molecular flexibility index (Phi) is 9.32. The van der Waals surface area contributed by atoms with Gasteiger partial charge in [-0.1, -0.05) is 40.9 Å². The van der Waals surface area contributed by atoms with Crippen LogP contribution in [0.2, 0.25) is 0 Å². The lowest BCUT2D eigenvalue weighted by atomic mass is 9.90. The maximum atomic E-state index is 13.0. The third-order valence-corrected chi connectivity index (χ3v) is 7.76. The van der Waals surface area contributed by atoms with Crippen LogP contribution in [-0.2, 0) is 4.74 Å². The fourth-order valence-corrected chi connectivity index (χ4v) is 5.45. The first kappa shape index (κ1) is 31.8. The monoisotopic (exact) mass is 680 g/mol. The highest BCUT2D eigenvalue weighted by Crippen LogP contribution is 2.32. The largest absolute Gasteiger partial charge is 0.497 e. The molecule has 0 aliphatic heterocycles. The van der Waals surface area contributed by atoms with E-state index in [2.05, 4.69) is 31.9 Å². The number of primary amides is 1. The molecule has 2 aromatic heterocycles. The highest BCUT2D eigenvalue weighted by molar-refractivity contribution is 9.10. The number of fused-ring (bicyclic) bond motifs is 1. The van der Waals surface area contributed by atoms with Crippen LogP contribution in [0.4, 0.5) is 22.2 Å². The molecule has 1 aliphatic carbocycles. The Balaban J connectivity index is 1.61. The standard InChI is InChI=1S/C31H37BrN8O5/c1-31(2,3)45-30(42)36-23-9-7-6-8-22(23)35-29-38-27(34-19-14-20(43-4)16-21(15-19)44-5)24(25(33)41)28-37-26(39-40(28)29)17-10-12-18(32)13-11-17/h10-16,22-23,34H,6-9H2,1-5H3,(H2,33,41)(H,35,38)(H,36,42). The van der Waals surface area contributed by atoms with Gasteiger partial charge in [0.1, 0.15) is 22.7 Å². The van der Waals surface area contributed by atoms with E-state index >= 15 is 0 Å². The van der Waals surface area contributed by atoms with Crippen LogP contribution in [0.1, 0.15) is 56.8 Å². The zero-order valence-corrected chi connectivity index (χ0v) is 27.4. The molecular formula is C31H37BrN8O5. The molecule has 2 heterocycles. The Hall–Kier alpha value is -4.59. The van der Waals surface area contributed by atoms with Crippen molar-refractivity contribution in [3.63, 3.8) is 0 Å². The number of aromatic nitrogens is 4. The average molecular weight is 682 g/mol. The summed E-state index contributed by atoms with van der Waals surface area (Å²) in [4.78, 5) is 35.3. The molecule has 0 saturated heterocycles. The first-order valence-electron chi connectivity index (χ1n) is 14.6. The van der Waals surface area contributed by atoms with E-state index in [1.165, 1.54) is 4.52 Å². The fourth-order valence-electron chi connectivity index (χ4n) is 5.19. The van der Waals surface area contributed by atoms with E-state index in [-0.39, 0.29) is 29.1 Å². The number of hydrogen-bond donors (Lipinski definition) is 4. The van der Waals surface area contributed by atoms with E-state index < -0.39 is 17.6 Å². The maximum Gasteiger partial charge on any atom is 0.407 e. The molecular weight excluding hydrogens is 644 g/mol. The van der Waals surface area contributed by atoms with E-state index in [1.807, 2.05) is 45.0 Å². The van der Waals surface area contributed by atoms with Crippen LogP contribution in [-0.4, -0.2) is 63.5 Å². The summed E-state index contributed by atoms with van der Waals surface area (Å²) in [6.07, 6.45) is 2.91. The topological polar surface area (TPSA) is 167 Å². The average Bonchev–Trinajstić information content (AvgIpc) is 3.42. The van der Waals surface area contributed by atoms with Crippen molar-refractivity contribution in [1.29, 1.82) is 0 Å². The van der Waals surface area contributed by atoms with E-state index in [0.717, 1.165) is 35.7 Å². The summed E-state index contributed by atoms with van der Waals surface area (Å²) in [6.45, 7) is 5.47. The van der Waals surface area contributed by atoms with Gasteiger partial charge in [0.25, 0.3) is 5.91 Å². The van der Waals surface area contributed by atoms with Gasteiger partial charge in [-0.25, -0.2) is 9.78 Å². The van der Waals surface area contributed by atoms with Crippen LogP contribution in [0.25, 0.3) is 17.0 Å². The van der Waals surface area contributed by atoms with Crippen molar-refractivity contribution in [3.05, 3.63) is 52.5 Å². The molecule has 0 spiro atoms. The molecule has 1 fully saturated rings. The number of rotatable bonds is 9. The van der Waals surface area contributed by atoms with Crippen LogP contribution >= 0.6 is 15.9 Å². The predicted molar refractivity (Wildman–Crippen MR) is 174 cm³/mol. The molecule has 4 aromatic rings. The third kappa shape index (κ3) is 7.56. The minimum absolute atomic E-state index is 0.0465. The molecule has 1 saturated carbocycles. The first-order chi connectivity index (χ1) is 21.4. The summed E-state index contributed by atoms with van der Waals surface area (Å²) in [5.74, 6) is 1.18. The Morgan fingerprint density at radius 3 is 2.22 bits per heavy atom. The number of anilines is 3. The van der Waals surface area contributed by atoms with Crippen LogP contribution in [0.3, 0.4) is 0 Å². The van der Waals surface area contributed by atoms with Crippen LogP contribution in [0, 0.1) is 0 Å². The Morgan fingerprint density at radius 2 is 1.62 bits per heavy atom. The minimum atomic E-state index is -0.742. The van der Waals surface area contributed by atoms with E-state index in [4.69, 9.17) is 35.0 Å². The molecule has 14 heteroatoms. The van der Waals surface area contributed by atoms with Gasteiger partial charge in [0, 0.05) is 40.0 Å². The van der Waals surface area contributed by atoms with E-state index in [0.29, 0.717) is 29.0 Å². The molecule has 5 N–H and O–H groups in total. The Bertz CT molecular complexity index is 1680. The number of methoxy groups -OCH3 is 2. The molecule has 0 bridgehead atoms. The predicted octanol–water partition coefficient (Wildman–Crippen LogP) is 5.66. The number of nitrogens with zero attached hydrogens (tertiary/aromatic N) is 4. The van der Waals surface area contributed by atoms with Crippen molar-refractivity contribution in [2.45, 2.75) is 64.1 Å². The minimum Gasteiger partial charge on any atom is -0.497 e. The molecule has 5 rings (SSSR count). The molecule has 0 radical (unpaired) electrons. The first-order valence-corrected chi connectivity index (χ1v) is 15.4. The molecule has 2 amide bonds. The van der Waals surface area contributed by atoms with Crippen molar-refractivity contribution in [1.82, 2.24) is 24.9 Å². The van der Waals surface area contributed by atoms with Gasteiger partial charge in [0.2, 0.25) is 5.95 Å². The van der Waals surface area contributed by atoms with Gasteiger partial charge < -0.3 is 35.9 Å². The molecule has 238 valence electrons. The summed E-state index contributed by atoms with van der Waals surface area (Å²) in [7, 11) is 3.09. The van der Waals surface area contributed by atoms with Crippen molar-refractivity contribution in [3.8, 4) is 22.9 Å². The van der Waals surface area contributed by atoms with Gasteiger partial charge in [-0.05, 0) is 45.7 Å². The normalized spacial score (nSPS) is 16.6. The number of carbonyl (C=O) groups is 2. The second kappa shape index (κ2) is 13.2. The number of ether oxygens (including phenoxy) is 3. The van der Waals surface area contributed by atoms with Crippen LogP contribution < -0.4 is 31.2 Å².